The molecule has 0 atom stereocenters. The van der Waals surface area contributed by atoms with Gasteiger partial charge in [0.2, 0.25) is 0 Å². The topological polar surface area (TPSA) is 81.2 Å². The van der Waals surface area contributed by atoms with Crippen LogP contribution >= 0.6 is 0 Å². The Morgan fingerprint density at radius 2 is 0.817 bits per heavy atom. The standard InChI is InChI=1S/C52H28F3N5/c53-52(54,55)50-49(59-45-16-3-1-14-41(45)43-27-37(18-21-47(43)59)35-11-5-8-32(24-35)29-56)23-20-40(39-13-7-10-34(26-39)31-58)51(50)60-46-17-4-2-15-42(46)44-28-38(19-22-48(44)60)36-12-6-9-33(25-36)30-57/h1-28H. The number of rotatable bonds is 5. The summed E-state index contributed by atoms with van der Waals surface area (Å²) in [5.74, 6) is 0. The minimum absolute atomic E-state index is 0.0565. The fourth-order valence-corrected chi connectivity index (χ4v) is 8.61. The Bertz CT molecular complexity index is 3530. The van der Waals surface area contributed by atoms with Crippen molar-refractivity contribution in [3.63, 3.8) is 0 Å². The smallest absolute Gasteiger partial charge is 0.309 e. The number of benzene rings is 8. The van der Waals surface area contributed by atoms with Crippen LogP contribution in [0, 0.1) is 34.0 Å². The van der Waals surface area contributed by atoms with Gasteiger partial charge in [0, 0.05) is 27.1 Å². The van der Waals surface area contributed by atoms with Gasteiger partial charge in [-0.3, -0.25) is 0 Å². The van der Waals surface area contributed by atoms with E-state index in [1.807, 2.05) is 109 Å². The zero-order valence-electron chi connectivity index (χ0n) is 31.5. The van der Waals surface area contributed by atoms with Crippen LogP contribution in [0.3, 0.4) is 0 Å². The molecule has 0 radical (unpaired) electrons. The zero-order valence-corrected chi connectivity index (χ0v) is 31.5. The second kappa shape index (κ2) is 13.9. The van der Waals surface area contributed by atoms with E-state index in [1.54, 1.807) is 63.7 Å². The molecule has 8 aromatic carbocycles. The highest BCUT2D eigenvalue weighted by Crippen LogP contribution is 2.48. The number of hydrogen-bond donors (Lipinski definition) is 0. The first kappa shape index (κ1) is 36.0. The quantitative estimate of drug-likeness (QED) is 0.174. The molecule has 0 fully saturated rings. The summed E-state index contributed by atoms with van der Waals surface area (Å²) >= 11 is 0. The lowest BCUT2D eigenvalue weighted by molar-refractivity contribution is -0.137. The number of para-hydroxylation sites is 2. The van der Waals surface area contributed by atoms with E-state index in [0.717, 1.165) is 43.8 Å². The van der Waals surface area contributed by atoms with E-state index < -0.39 is 11.7 Å². The first-order chi connectivity index (χ1) is 29.2. The molecule has 10 aromatic rings. The highest BCUT2D eigenvalue weighted by Gasteiger charge is 2.40. The third-order valence-corrected chi connectivity index (χ3v) is 11.2. The van der Waals surface area contributed by atoms with Gasteiger partial charge in [-0.1, -0.05) is 91.0 Å². The molecule has 0 spiro atoms. The predicted molar refractivity (Wildman–Crippen MR) is 231 cm³/mol. The number of hydrogen-bond acceptors (Lipinski definition) is 3. The molecular formula is C52H28F3N5. The maximum atomic E-state index is 16.5. The summed E-state index contributed by atoms with van der Waals surface area (Å²) in [6.45, 7) is 0. The second-order valence-corrected chi connectivity index (χ2v) is 14.6. The molecule has 0 N–H and O–H groups in total. The molecule has 282 valence electrons. The van der Waals surface area contributed by atoms with Crippen LogP contribution in [0.15, 0.2) is 170 Å². The van der Waals surface area contributed by atoms with Crippen LogP contribution in [0.25, 0.3) is 88.4 Å². The number of alkyl halides is 3. The van der Waals surface area contributed by atoms with Gasteiger partial charge in [0.05, 0.1) is 68.3 Å². The van der Waals surface area contributed by atoms with Crippen molar-refractivity contribution in [1.29, 1.82) is 15.8 Å². The number of halogens is 3. The van der Waals surface area contributed by atoms with E-state index in [4.69, 9.17) is 0 Å². The Morgan fingerprint density at radius 1 is 0.383 bits per heavy atom. The SMILES string of the molecule is N#Cc1cccc(-c2ccc3c(c2)c2ccccc2n3-c2ccc(-c3cccc(C#N)c3)c(-n3c4ccccc4c4cc(-c5cccc(C#N)c5)ccc43)c2C(F)(F)F)c1. The van der Waals surface area contributed by atoms with Gasteiger partial charge in [0.15, 0.2) is 0 Å². The maximum Gasteiger partial charge on any atom is 0.420 e. The Hall–Kier alpha value is -8.38. The third-order valence-electron chi connectivity index (χ3n) is 11.2. The average Bonchev–Trinajstić information content (AvgIpc) is 3.80. The highest BCUT2D eigenvalue weighted by molar-refractivity contribution is 6.13. The maximum absolute atomic E-state index is 16.5. The summed E-state index contributed by atoms with van der Waals surface area (Å²) in [6, 6.07) is 57.2. The predicted octanol–water partition coefficient (Wildman–Crippen LogP) is 13.5. The number of nitrogens with zero attached hydrogens (tertiary/aromatic N) is 5. The molecule has 0 amide bonds. The molecule has 60 heavy (non-hydrogen) atoms. The van der Waals surface area contributed by atoms with Gasteiger partial charge in [0.25, 0.3) is 0 Å². The third kappa shape index (κ3) is 5.77. The molecule has 0 aliphatic carbocycles. The lowest BCUT2D eigenvalue weighted by Gasteiger charge is -2.24. The normalized spacial score (nSPS) is 11.5. The van der Waals surface area contributed by atoms with E-state index in [0.29, 0.717) is 49.9 Å². The molecule has 0 bridgehead atoms. The van der Waals surface area contributed by atoms with Crippen molar-refractivity contribution in [1.82, 2.24) is 9.13 Å². The molecule has 0 saturated carbocycles. The Kier molecular flexibility index (Phi) is 8.35. The van der Waals surface area contributed by atoms with Crippen LogP contribution < -0.4 is 0 Å². The van der Waals surface area contributed by atoms with Crippen molar-refractivity contribution < 1.29 is 13.2 Å². The van der Waals surface area contributed by atoms with E-state index in [9.17, 15) is 15.8 Å². The van der Waals surface area contributed by atoms with E-state index in [1.165, 1.54) is 6.07 Å². The lowest BCUT2D eigenvalue weighted by Crippen LogP contribution is -2.16. The van der Waals surface area contributed by atoms with Crippen LogP contribution in [-0.4, -0.2) is 9.13 Å². The molecular weight excluding hydrogens is 752 g/mol. The molecule has 0 saturated heterocycles. The summed E-state index contributed by atoms with van der Waals surface area (Å²) in [6.07, 6.45) is -4.88. The van der Waals surface area contributed by atoms with Gasteiger partial charge in [-0.15, -0.1) is 0 Å². The fraction of sp³-hybridized carbons (Fsp3) is 0.0192. The summed E-state index contributed by atoms with van der Waals surface area (Å²) in [4.78, 5) is 0. The minimum Gasteiger partial charge on any atom is -0.309 e. The molecule has 5 nitrogen and oxygen atoms in total. The van der Waals surface area contributed by atoms with Crippen molar-refractivity contribution in [3.05, 3.63) is 192 Å². The average molecular weight is 780 g/mol. The largest absolute Gasteiger partial charge is 0.420 e. The zero-order chi connectivity index (χ0) is 41.1. The highest BCUT2D eigenvalue weighted by atomic mass is 19.4. The van der Waals surface area contributed by atoms with Crippen molar-refractivity contribution in [2.24, 2.45) is 0 Å². The molecule has 0 aliphatic rings. The number of fused-ring (bicyclic) bond motifs is 6. The van der Waals surface area contributed by atoms with Crippen molar-refractivity contribution in [2.75, 3.05) is 0 Å². The minimum atomic E-state index is -4.88. The monoisotopic (exact) mass is 779 g/mol. The molecule has 2 aromatic heterocycles. The fourth-order valence-electron chi connectivity index (χ4n) is 8.61. The Labute approximate surface area is 341 Å². The molecule has 10 rings (SSSR count). The van der Waals surface area contributed by atoms with E-state index in [-0.39, 0.29) is 11.4 Å². The second-order valence-electron chi connectivity index (χ2n) is 14.6. The van der Waals surface area contributed by atoms with Crippen molar-refractivity contribution in [2.45, 2.75) is 6.18 Å². The summed E-state index contributed by atoms with van der Waals surface area (Å²) in [5, 5.41) is 32.1. The van der Waals surface area contributed by atoms with Crippen molar-refractivity contribution in [3.8, 4) is 63.0 Å². The van der Waals surface area contributed by atoms with Gasteiger partial charge in [0.1, 0.15) is 5.56 Å². The molecule has 0 unspecified atom stereocenters. The van der Waals surface area contributed by atoms with Gasteiger partial charge >= 0.3 is 6.18 Å². The lowest BCUT2D eigenvalue weighted by atomic mass is 9.96. The van der Waals surface area contributed by atoms with Gasteiger partial charge < -0.3 is 9.13 Å². The Balaban J connectivity index is 1.32. The van der Waals surface area contributed by atoms with Gasteiger partial charge in [-0.25, -0.2) is 0 Å². The first-order valence-electron chi connectivity index (χ1n) is 19.1. The van der Waals surface area contributed by atoms with Crippen LogP contribution in [0.2, 0.25) is 0 Å². The first-order valence-corrected chi connectivity index (χ1v) is 19.1. The van der Waals surface area contributed by atoms with Crippen LogP contribution in [0.5, 0.6) is 0 Å². The summed E-state index contributed by atoms with van der Waals surface area (Å²) in [5.41, 5.74) is 6.71. The van der Waals surface area contributed by atoms with Crippen LogP contribution in [0.1, 0.15) is 22.3 Å². The van der Waals surface area contributed by atoms with Gasteiger partial charge in [-0.05, 0) is 107 Å². The van der Waals surface area contributed by atoms with E-state index >= 15 is 13.2 Å². The molecule has 2 heterocycles. The number of nitriles is 3. The summed E-state index contributed by atoms with van der Waals surface area (Å²) in [7, 11) is 0. The number of aromatic nitrogens is 2. The van der Waals surface area contributed by atoms with Crippen molar-refractivity contribution >= 4 is 43.6 Å². The molecule has 8 heteroatoms. The van der Waals surface area contributed by atoms with E-state index in [2.05, 4.69) is 18.2 Å². The Morgan fingerprint density at radius 3 is 1.33 bits per heavy atom. The van der Waals surface area contributed by atoms with Crippen LogP contribution in [-0.2, 0) is 6.18 Å². The van der Waals surface area contributed by atoms with Crippen LogP contribution in [0.4, 0.5) is 13.2 Å². The molecule has 0 aliphatic heterocycles. The summed E-state index contributed by atoms with van der Waals surface area (Å²) < 4.78 is 52.9. The van der Waals surface area contributed by atoms with Gasteiger partial charge in [-0.2, -0.15) is 29.0 Å².